The molecule has 0 aromatic heterocycles. The van der Waals surface area contributed by atoms with Gasteiger partial charge in [0.2, 0.25) is 6.41 Å². The molecule has 7 heteroatoms. The van der Waals surface area contributed by atoms with Crippen molar-refractivity contribution >= 4 is 23.9 Å². The Morgan fingerprint density at radius 3 is 2.73 bits per heavy atom. The summed E-state index contributed by atoms with van der Waals surface area (Å²) in [7, 11) is 0. The first-order valence-electron chi connectivity index (χ1n) is 11.3. The highest BCUT2D eigenvalue weighted by Crippen LogP contribution is 2.27. The van der Waals surface area contributed by atoms with Gasteiger partial charge in [0.15, 0.2) is 0 Å². The number of carbonyl (C=O) groups excluding carboxylic acids is 2. The third-order valence-corrected chi connectivity index (χ3v) is 6.03. The zero-order valence-corrected chi connectivity index (χ0v) is 18.1. The molecule has 2 heterocycles. The fourth-order valence-electron chi connectivity index (χ4n) is 4.31. The van der Waals surface area contributed by atoms with Gasteiger partial charge in [0, 0.05) is 50.3 Å². The highest BCUT2D eigenvalue weighted by atomic mass is 16.5. The summed E-state index contributed by atoms with van der Waals surface area (Å²) >= 11 is 0. The first kappa shape index (κ1) is 22.4. The summed E-state index contributed by atoms with van der Waals surface area (Å²) in [5.41, 5.74) is 1.91. The van der Waals surface area contributed by atoms with Crippen LogP contribution in [0.5, 0.6) is 0 Å². The van der Waals surface area contributed by atoms with Gasteiger partial charge in [-0.3, -0.25) is 10.1 Å². The van der Waals surface area contributed by atoms with Crippen LogP contribution in [0.1, 0.15) is 45.4 Å². The van der Waals surface area contributed by atoms with E-state index in [1.165, 1.54) is 12.1 Å². The maximum atomic E-state index is 11.7. The van der Waals surface area contributed by atoms with Crippen LogP contribution in [-0.4, -0.2) is 62.9 Å². The number of nitrogens with one attached hydrogen (secondary N) is 1. The molecule has 1 aromatic carbocycles. The van der Waals surface area contributed by atoms with E-state index in [0.29, 0.717) is 18.6 Å². The minimum atomic E-state index is -0.410. The summed E-state index contributed by atoms with van der Waals surface area (Å²) in [4.78, 5) is 27.6. The van der Waals surface area contributed by atoms with Gasteiger partial charge in [-0.1, -0.05) is 6.92 Å². The second-order valence-corrected chi connectivity index (χ2v) is 8.24. The van der Waals surface area contributed by atoms with E-state index in [4.69, 9.17) is 9.47 Å². The molecule has 2 fully saturated rings. The molecule has 1 aromatic rings. The number of rotatable bonds is 9. The minimum absolute atomic E-state index is 0.333. The van der Waals surface area contributed by atoms with Crippen LogP contribution in [0.3, 0.4) is 0 Å². The molecule has 0 bridgehead atoms. The Hall–Kier alpha value is -2.28. The molecule has 3 rings (SSSR count). The lowest BCUT2D eigenvalue weighted by atomic mass is 9.93. The van der Waals surface area contributed by atoms with Crippen LogP contribution in [0.15, 0.2) is 24.3 Å². The maximum Gasteiger partial charge on any atom is 0.411 e. The highest BCUT2D eigenvalue weighted by Gasteiger charge is 2.24. The number of ether oxygens (including phenoxy) is 2. The lowest BCUT2D eigenvalue weighted by Crippen LogP contribution is -2.41. The van der Waals surface area contributed by atoms with Gasteiger partial charge in [0.25, 0.3) is 0 Å². The van der Waals surface area contributed by atoms with Crippen molar-refractivity contribution in [3.05, 3.63) is 24.3 Å². The third kappa shape index (κ3) is 6.62. The summed E-state index contributed by atoms with van der Waals surface area (Å²) < 4.78 is 10.5. The Morgan fingerprint density at radius 2 is 2.03 bits per heavy atom. The number of amides is 2. The summed E-state index contributed by atoms with van der Waals surface area (Å²) in [6, 6.07) is 8.28. The van der Waals surface area contributed by atoms with E-state index in [-0.39, 0.29) is 0 Å². The van der Waals surface area contributed by atoms with Crippen molar-refractivity contribution in [1.29, 1.82) is 0 Å². The second kappa shape index (κ2) is 11.8. The molecule has 1 N–H and O–H groups in total. The molecule has 2 aliphatic rings. The molecule has 0 spiro atoms. The molecule has 0 aliphatic carbocycles. The minimum Gasteiger partial charge on any atom is -0.449 e. The fraction of sp³-hybridized carbons (Fsp3) is 0.652. The predicted molar refractivity (Wildman–Crippen MR) is 118 cm³/mol. The number of piperidine rings is 1. The van der Waals surface area contributed by atoms with Gasteiger partial charge in [-0.05, 0) is 68.7 Å². The van der Waals surface area contributed by atoms with E-state index in [1.807, 2.05) is 24.0 Å². The molecule has 0 saturated carbocycles. The van der Waals surface area contributed by atoms with Crippen molar-refractivity contribution in [1.82, 2.24) is 4.90 Å². The molecule has 2 saturated heterocycles. The Balaban J connectivity index is 1.48. The van der Waals surface area contributed by atoms with Crippen molar-refractivity contribution in [3.8, 4) is 0 Å². The number of nitrogens with zero attached hydrogens (tertiary/aromatic N) is 2. The predicted octanol–water partition coefficient (Wildman–Crippen LogP) is 3.89. The molecule has 2 aliphatic heterocycles. The van der Waals surface area contributed by atoms with Crippen molar-refractivity contribution in [3.63, 3.8) is 0 Å². The normalized spacial score (nSPS) is 19.9. The van der Waals surface area contributed by atoms with Gasteiger partial charge in [0.1, 0.15) is 0 Å². The van der Waals surface area contributed by atoms with Gasteiger partial charge in [0.05, 0.1) is 6.61 Å². The molecule has 166 valence electrons. The van der Waals surface area contributed by atoms with Crippen LogP contribution in [0, 0.1) is 5.92 Å². The summed E-state index contributed by atoms with van der Waals surface area (Å²) in [5, 5.41) is 2.76. The van der Waals surface area contributed by atoms with Gasteiger partial charge in [-0.15, -0.1) is 0 Å². The average Bonchev–Trinajstić information content (AvgIpc) is 2.79. The molecular weight excluding hydrogens is 382 g/mol. The largest absolute Gasteiger partial charge is 0.449 e. The van der Waals surface area contributed by atoms with Crippen molar-refractivity contribution < 1.29 is 19.1 Å². The first-order chi connectivity index (χ1) is 14.7. The van der Waals surface area contributed by atoms with Gasteiger partial charge in [-0.2, -0.15) is 0 Å². The van der Waals surface area contributed by atoms with E-state index in [9.17, 15) is 9.59 Å². The Morgan fingerprint density at radius 1 is 1.27 bits per heavy atom. The van der Waals surface area contributed by atoms with Crippen LogP contribution >= 0.6 is 0 Å². The Bertz CT molecular complexity index is 661. The van der Waals surface area contributed by atoms with E-state index in [2.05, 4.69) is 22.3 Å². The number of benzene rings is 1. The second-order valence-electron chi connectivity index (χ2n) is 8.24. The van der Waals surface area contributed by atoms with E-state index < -0.39 is 6.09 Å². The summed E-state index contributed by atoms with van der Waals surface area (Å²) in [6.45, 7) is 6.78. The maximum absolute atomic E-state index is 11.7. The lowest BCUT2D eigenvalue weighted by molar-refractivity contribution is -0.122. The summed E-state index contributed by atoms with van der Waals surface area (Å²) in [6.07, 6.45) is 6.72. The van der Waals surface area contributed by atoms with E-state index >= 15 is 0 Å². The Labute approximate surface area is 179 Å². The zero-order valence-electron chi connectivity index (χ0n) is 18.1. The number of hydrogen-bond donors (Lipinski definition) is 1. The zero-order chi connectivity index (χ0) is 21.2. The SMILES string of the molecule is CCCOC(=O)Nc1ccc(N2CCCC(CCN(C=O)C3CCOCC3)C2)cc1. The van der Waals surface area contributed by atoms with Crippen LogP contribution in [0.2, 0.25) is 0 Å². The molecular formula is C23H35N3O4. The van der Waals surface area contributed by atoms with Crippen molar-refractivity contribution in [2.75, 3.05) is 49.7 Å². The van der Waals surface area contributed by atoms with Crippen LogP contribution in [-0.2, 0) is 14.3 Å². The number of carbonyl (C=O) groups is 2. The monoisotopic (exact) mass is 417 g/mol. The standard InChI is InChI=1S/C23H35N3O4/c1-2-14-30-23(28)24-20-5-7-21(8-6-20)25-12-3-4-19(17-25)9-13-26(18-27)22-10-15-29-16-11-22/h5-8,18-19,22H,2-4,9-17H2,1H3,(H,24,28). The number of anilines is 2. The molecule has 1 unspecified atom stereocenters. The van der Waals surface area contributed by atoms with Crippen LogP contribution < -0.4 is 10.2 Å². The highest BCUT2D eigenvalue weighted by molar-refractivity contribution is 5.84. The van der Waals surface area contributed by atoms with E-state index in [1.54, 1.807) is 0 Å². The molecule has 7 nitrogen and oxygen atoms in total. The van der Waals surface area contributed by atoms with E-state index in [0.717, 1.165) is 77.0 Å². The molecule has 0 radical (unpaired) electrons. The average molecular weight is 418 g/mol. The molecule has 2 amide bonds. The van der Waals surface area contributed by atoms with Crippen LogP contribution in [0.4, 0.5) is 16.2 Å². The van der Waals surface area contributed by atoms with Gasteiger partial charge >= 0.3 is 6.09 Å². The topological polar surface area (TPSA) is 71.1 Å². The summed E-state index contributed by atoms with van der Waals surface area (Å²) in [5.74, 6) is 0.586. The first-order valence-corrected chi connectivity index (χ1v) is 11.3. The Kier molecular flexibility index (Phi) is 8.81. The van der Waals surface area contributed by atoms with Crippen molar-refractivity contribution in [2.24, 2.45) is 5.92 Å². The quantitative estimate of drug-likeness (QED) is 0.617. The third-order valence-electron chi connectivity index (χ3n) is 6.03. The molecule has 1 atom stereocenters. The molecule has 30 heavy (non-hydrogen) atoms. The lowest BCUT2D eigenvalue weighted by Gasteiger charge is -2.36. The van der Waals surface area contributed by atoms with Gasteiger partial charge in [-0.25, -0.2) is 4.79 Å². The number of hydrogen-bond acceptors (Lipinski definition) is 5. The van der Waals surface area contributed by atoms with Gasteiger partial charge < -0.3 is 19.3 Å². The fourth-order valence-corrected chi connectivity index (χ4v) is 4.31. The van der Waals surface area contributed by atoms with Crippen LogP contribution in [0.25, 0.3) is 0 Å². The smallest absolute Gasteiger partial charge is 0.411 e. The van der Waals surface area contributed by atoms with Crippen molar-refractivity contribution in [2.45, 2.75) is 51.5 Å².